The van der Waals surface area contributed by atoms with Crippen LogP contribution in [0.1, 0.15) is 27.3 Å². The van der Waals surface area contributed by atoms with Gasteiger partial charge in [-0.25, -0.2) is 9.78 Å². The molecule has 0 N–H and O–H groups in total. The van der Waals surface area contributed by atoms with Gasteiger partial charge < -0.3 is 4.74 Å². The van der Waals surface area contributed by atoms with Crippen LogP contribution in [0.25, 0.3) is 16.7 Å². The number of hydrogen-bond donors (Lipinski definition) is 0. The SMILES string of the molecule is COC(=O)c1ccc2c(c1)cc(C#Cc1ccccc1)n2-c1cccc(C)n1. The van der Waals surface area contributed by atoms with E-state index >= 15 is 0 Å². The van der Waals surface area contributed by atoms with E-state index in [0.29, 0.717) is 5.56 Å². The fourth-order valence-corrected chi connectivity index (χ4v) is 3.11. The third-order valence-corrected chi connectivity index (χ3v) is 4.43. The lowest BCUT2D eigenvalue weighted by Crippen LogP contribution is -2.02. The Morgan fingerprint density at radius 3 is 2.54 bits per heavy atom. The first-order valence-electron chi connectivity index (χ1n) is 8.90. The van der Waals surface area contributed by atoms with Crippen molar-refractivity contribution in [3.8, 4) is 17.7 Å². The highest BCUT2D eigenvalue weighted by Crippen LogP contribution is 2.25. The zero-order valence-electron chi connectivity index (χ0n) is 15.6. The Morgan fingerprint density at radius 2 is 1.79 bits per heavy atom. The largest absolute Gasteiger partial charge is 0.465 e. The average molecular weight is 366 g/mol. The summed E-state index contributed by atoms with van der Waals surface area (Å²) in [7, 11) is 1.38. The van der Waals surface area contributed by atoms with Gasteiger partial charge in [0.05, 0.1) is 23.9 Å². The Balaban J connectivity index is 1.92. The molecule has 0 amide bonds. The molecule has 4 heteroatoms. The van der Waals surface area contributed by atoms with E-state index in [1.54, 1.807) is 6.07 Å². The molecule has 2 aromatic heterocycles. The average Bonchev–Trinajstić information content (AvgIpc) is 3.10. The summed E-state index contributed by atoms with van der Waals surface area (Å²) in [4.78, 5) is 16.6. The van der Waals surface area contributed by atoms with Gasteiger partial charge in [0.25, 0.3) is 0 Å². The summed E-state index contributed by atoms with van der Waals surface area (Å²) in [6.45, 7) is 1.96. The van der Waals surface area contributed by atoms with Crippen LogP contribution < -0.4 is 0 Å². The Kier molecular flexibility index (Phi) is 4.65. The van der Waals surface area contributed by atoms with Crippen molar-refractivity contribution in [2.24, 2.45) is 0 Å². The number of esters is 1. The van der Waals surface area contributed by atoms with Crippen LogP contribution in [0.3, 0.4) is 0 Å². The molecule has 0 aliphatic rings. The fourth-order valence-electron chi connectivity index (χ4n) is 3.11. The lowest BCUT2D eigenvalue weighted by atomic mass is 10.1. The van der Waals surface area contributed by atoms with E-state index in [1.165, 1.54) is 7.11 Å². The van der Waals surface area contributed by atoms with E-state index in [4.69, 9.17) is 4.74 Å². The number of aromatic nitrogens is 2. The Bertz CT molecular complexity index is 1230. The summed E-state index contributed by atoms with van der Waals surface area (Å²) in [6, 6.07) is 23.2. The van der Waals surface area contributed by atoms with Crippen LogP contribution in [0.2, 0.25) is 0 Å². The second kappa shape index (κ2) is 7.42. The smallest absolute Gasteiger partial charge is 0.337 e. The summed E-state index contributed by atoms with van der Waals surface area (Å²) < 4.78 is 6.86. The molecule has 4 aromatic rings. The van der Waals surface area contributed by atoms with Gasteiger partial charge in [0.1, 0.15) is 5.82 Å². The predicted molar refractivity (Wildman–Crippen MR) is 110 cm³/mol. The quantitative estimate of drug-likeness (QED) is 0.387. The van der Waals surface area contributed by atoms with Crippen LogP contribution in [0.5, 0.6) is 0 Å². The van der Waals surface area contributed by atoms with Gasteiger partial charge in [-0.05, 0) is 61.4 Å². The first-order valence-corrected chi connectivity index (χ1v) is 8.90. The molecule has 2 aromatic carbocycles. The second-order valence-electron chi connectivity index (χ2n) is 6.38. The van der Waals surface area contributed by atoms with E-state index in [2.05, 4.69) is 16.8 Å². The Morgan fingerprint density at radius 1 is 0.964 bits per heavy atom. The van der Waals surface area contributed by atoms with E-state index < -0.39 is 0 Å². The van der Waals surface area contributed by atoms with E-state index in [9.17, 15) is 4.79 Å². The number of nitrogens with zero attached hydrogens (tertiary/aromatic N) is 2. The fraction of sp³-hybridized carbons (Fsp3) is 0.0833. The molecule has 0 aliphatic carbocycles. The minimum Gasteiger partial charge on any atom is -0.465 e. The molecule has 0 spiro atoms. The number of carbonyl (C=O) groups is 1. The van der Waals surface area contributed by atoms with Crippen LogP contribution in [0.15, 0.2) is 72.8 Å². The van der Waals surface area contributed by atoms with E-state index in [-0.39, 0.29) is 5.97 Å². The highest BCUT2D eigenvalue weighted by molar-refractivity contribution is 5.95. The van der Waals surface area contributed by atoms with Crippen LogP contribution in [-0.4, -0.2) is 22.6 Å². The first kappa shape index (κ1) is 17.6. The minimum absolute atomic E-state index is 0.361. The molecular weight excluding hydrogens is 348 g/mol. The third kappa shape index (κ3) is 3.38. The molecule has 0 radical (unpaired) electrons. The molecule has 28 heavy (non-hydrogen) atoms. The monoisotopic (exact) mass is 366 g/mol. The van der Waals surface area contributed by atoms with Crippen LogP contribution in [0.4, 0.5) is 0 Å². The maximum absolute atomic E-state index is 11.9. The van der Waals surface area contributed by atoms with Gasteiger partial charge in [-0.15, -0.1) is 0 Å². The second-order valence-corrected chi connectivity index (χ2v) is 6.38. The normalized spacial score (nSPS) is 10.4. The third-order valence-electron chi connectivity index (χ3n) is 4.43. The summed E-state index contributed by atoms with van der Waals surface area (Å²) >= 11 is 0. The van der Waals surface area contributed by atoms with Crippen LogP contribution in [0, 0.1) is 18.8 Å². The van der Waals surface area contributed by atoms with Crippen molar-refractivity contribution in [1.82, 2.24) is 9.55 Å². The van der Waals surface area contributed by atoms with Crippen molar-refractivity contribution in [3.05, 3.63) is 95.3 Å². The molecule has 4 nitrogen and oxygen atoms in total. The molecule has 2 heterocycles. The lowest BCUT2D eigenvalue weighted by molar-refractivity contribution is 0.0601. The number of pyridine rings is 1. The maximum Gasteiger partial charge on any atom is 0.337 e. The van der Waals surface area contributed by atoms with Gasteiger partial charge in [-0.1, -0.05) is 30.2 Å². The molecule has 0 fully saturated rings. The zero-order chi connectivity index (χ0) is 19.5. The van der Waals surface area contributed by atoms with Gasteiger partial charge in [-0.2, -0.15) is 0 Å². The van der Waals surface area contributed by atoms with Crippen LogP contribution in [-0.2, 0) is 4.74 Å². The topological polar surface area (TPSA) is 44.1 Å². The van der Waals surface area contributed by atoms with Gasteiger partial charge in [0.2, 0.25) is 0 Å². The molecular formula is C24H18N2O2. The summed E-state index contributed by atoms with van der Waals surface area (Å²) in [5.41, 5.74) is 4.10. The van der Waals surface area contributed by atoms with Crippen molar-refractivity contribution in [1.29, 1.82) is 0 Å². The molecule has 0 bridgehead atoms. The standard InChI is InChI=1S/C24H18N2O2/c1-17-7-6-10-23(25-17)26-21(13-11-18-8-4-3-5-9-18)16-20-15-19(24(27)28-2)12-14-22(20)26/h3-10,12,14-16H,1-2H3. The Labute approximate surface area is 163 Å². The molecule has 0 saturated heterocycles. The van der Waals surface area contributed by atoms with Gasteiger partial charge in [-0.3, -0.25) is 4.57 Å². The summed E-state index contributed by atoms with van der Waals surface area (Å²) in [6.07, 6.45) is 0. The van der Waals surface area contributed by atoms with Gasteiger partial charge in [0.15, 0.2) is 0 Å². The first-order chi connectivity index (χ1) is 13.7. The van der Waals surface area contributed by atoms with Crippen molar-refractivity contribution in [2.75, 3.05) is 7.11 Å². The number of aryl methyl sites for hydroxylation is 1. The van der Waals surface area contributed by atoms with Crippen molar-refractivity contribution >= 4 is 16.9 Å². The molecule has 0 atom stereocenters. The maximum atomic E-state index is 11.9. The number of methoxy groups -OCH3 is 1. The molecule has 0 saturated carbocycles. The number of carbonyl (C=O) groups excluding carboxylic acids is 1. The number of rotatable bonds is 2. The Hall–Kier alpha value is -3.84. The van der Waals surface area contributed by atoms with Crippen LogP contribution >= 0.6 is 0 Å². The summed E-state index contributed by atoms with van der Waals surface area (Å²) in [5.74, 6) is 6.89. The number of benzene rings is 2. The molecule has 4 rings (SSSR count). The number of ether oxygens (including phenoxy) is 1. The molecule has 136 valence electrons. The van der Waals surface area contributed by atoms with Crippen molar-refractivity contribution < 1.29 is 9.53 Å². The molecule has 0 aliphatic heterocycles. The lowest BCUT2D eigenvalue weighted by Gasteiger charge is -2.08. The highest BCUT2D eigenvalue weighted by atomic mass is 16.5. The highest BCUT2D eigenvalue weighted by Gasteiger charge is 2.13. The number of fused-ring (bicyclic) bond motifs is 1. The van der Waals surface area contributed by atoms with Crippen molar-refractivity contribution in [2.45, 2.75) is 6.92 Å². The van der Waals surface area contributed by atoms with Gasteiger partial charge in [0, 0.05) is 16.6 Å². The molecule has 0 unspecified atom stereocenters. The van der Waals surface area contributed by atoms with Gasteiger partial charge >= 0.3 is 5.97 Å². The number of hydrogen-bond acceptors (Lipinski definition) is 3. The summed E-state index contributed by atoms with van der Waals surface area (Å²) in [5, 5.41) is 0.906. The minimum atomic E-state index is -0.361. The van der Waals surface area contributed by atoms with E-state index in [0.717, 1.165) is 33.7 Å². The van der Waals surface area contributed by atoms with E-state index in [1.807, 2.05) is 78.2 Å². The zero-order valence-corrected chi connectivity index (χ0v) is 15.6. The van der Waals surface area contributed by atoms with Crippen molar-refractivity contribution in [3.63, 3.8) is 0 Å². The predicted octanol–water partition coefficient (Wildman–Crippen LogP) is 4.52.